The van der Waals surface area contributed by atoms with Crippen LogP contribution in [0, 0.1) is 12.3 Å². The number of aryl methyl sites for hydroxylation is 1. The summed E-state index contributed by atoms with van der Waals surface area (Å²) in [5, 5.41) is 8.93. The number of aromatic nitrogens is 1. The van der Waals surface area contributed by atoms with Gasteiger partial charge in [-0.2, -0.15) is 0 Å². The Bertz CT molecular complexity index is 568. The molecular formula is C11H10ClN3S. The third-order valence-corrected chi connectivity index (χ3v) is 3.18. The lowest BCUT2D eigenvalue weighted by Crippen LogP contribution is -2.03. The van der Waals surface area contributed by atoms with Crippen molar-refractivity contribution < 1.29 is 0 Å². The molecule has 1 aromatic carbocycles. The van der Waals surface area contributed by atoms with Gasteiger partial charge < -0.3 is 5.73 Å². The quantitative estimate of drug-likeness (QED) is 0.465. The highest BCUT2D eigenvalue weighted by Crippen LogP contribution is 2.30. The highest BCUT2D eigenvalue weighted by Gasteiger charge is 2.08. The zero-order valence-electron chi connectivity index (χ0n) is 8.62. The maximum absolute atomic E-state index is 7.32. The smallest absolute Gasteiger partial charge is 0.155 e. The number of hydrogen-bond acceptors (Lipinski definition) is 3. The van der Waals surface area contributed by atoms with Gasteiger partial charge in [0.2, 0.25) is 0 Å². The molecule has 0 aliphatic heterocycles. The molecule has 0 aliphatic carbocycles. The summed E-state index contributed by atoms with van der Waals surface area (Å²) in [6.45, 7) is 1.90. The minimum absolute atomic E-state index is 0.0619. The molecule has 82 valence electrons. The Morgan fingerprint density at radius 3 is 2.94 bits per heavy atom. The fourth-order valence-corrected chi connectivity index (χ4v) is 2.46. The fourth-order valence-electron chi connectivity index (χ4n) is 1.51. The summed E-state index contributed by atoms with van der Waals surface area (Å²) in [5.41, 5.74) is 7.02. The van der Waals surface area contributed by atoms with E-state index in [0.29, 0.717) is 5.02 Å². The van der Waals surface area contributed by atoms with Crippen LogP contribution in [0.25, 0.3) is 10.9 Å². The third-order valence-electron chi connectivity index (χ3n) is 2.10. The second-order valence-corrected chi connectivity index (χ2v) is 4.86. The number of nitrogens with zero attached hydrogens (tertiary/aromatic N) is 1. The van der Waals surface area contributed by atoms with E-state index in [0.717, 1.165) is 21.5 Å². The van der Waals surface area contributed by atoms with E-state index in [1.807, 2.05) is 25.1 Å². The van der Waals surface area contributed by atoms with Crippen molar-refractivity contribution in [2.45, 2.75) is 11.8 Å². The zero-order chi connectivity index (χ0) is 11.7. The molecule has 1 aromatic heterocycles. The van der Waals surface area contributed by atoms with Crippen LogP contribution in [-0.2, 0) is 0 Å². The van der Waals surface area contributed by atoms with Crippen molar-refractivity contribution in [3.8, 4) is 0 Å². The van der Waals surface area contributed by atoms with E-state index >= 15 is 0 Å². The molecule has 0 spiro atoms. The lowest BCUT2D eigenvalue weighted by molar-refractivity contribution is 1.22. The van der Waals surface area contributed by atoms with Crippen molar-refractivity contribution in [2.24, 2.45) is 5.73 Å². The van der Waals surface area contributed by atoms with Crippen molar-refractivity contribution in [1.29, 1.82) is 5.41 Å². The predicted molar refractivity (Wildman–Crippen MR) is 69.3 cm³/mol. The van der Waals surface area contributed by atoms with Gasteiger partial charge in [-0.25, -0.2) is 0 Å². The van der Waals surface area contributed by atoms with Crippen LogP contribution in [0.4, 0.5) is 0 Å². The van der Waals surface area contributed by atoms with E-state index in [1.165, 1.54) is 11.8 Å². The van der Waals surface area contributed by atoms with Crippen molar-refractivity contribution in [3.63, 3.8) is 0 Å². The Hall–Kier alpha value is -1.26. The lowest BCUT2D eigenvalue weighted by atomic mass is 10.2. The van der Waals surface area contributed by atoms with Gasteiger partial charge in [-0.1, -0.05) is 35.5 Å². The number of benzene rings is 1. The monoisotopic (exact) mass is 251 g/mol. The van der Waals surface area contributed by atoms with Crippen molar-refractivity contribution in [2.75, 3.05) is 0 Å². The highest BCUT2D eigenvalue weighted by atomic mass is 35.5. The Balaban J connectivity index is 2.72. The van der Waals surface area contributed by atoms with E-state index in [9.17, 15) is 0 Å². The van der Waals surface area contributed by atoms with Gasteiger partial charge >= 0.3 is 0 Å². The number of hydrogen-bond donors (Lipinski definition) is 2. The molecule has 1 heterocycles. The predicted octanol–water partition coefficient (Wildman–Crippen LogP) is 3.18. The summed E-state index contributed by atoms with van der Waals surface area (Å²) in [6.07, 6.45) is 0. The van der Waals surface area contributed by atoms with Gasteiger partial charge in [-0.3, -0.25) is 10.4 Å². The van der Waals surface area contributed by atoms with Crippen LogP contribution in [0.3, 0.4) is 0 Å². The average Bonchev–Trinajstić information content (AvgIpc) is 2.18. The number of rotatable bonds is 1. The van der Waals surface area contributed by atoms with E-state index < -0.39 is 0 Å². The molecule has 5 heteroatoms. The topological polar surface area (TPSA) is 62.8 Å². The summed E-state index contributed by atoms with van der Waals surface area (Å²) in [5.74, 6) is 0. The number of pyridine rings is 1. The molecule has 0 saturated heterocycles. The van der Waals surface area contributed by atoms with Crippen LogP contribution in [0.2, 0.25) is 5.02 Å². The molecule has 0 bridgehead atoms. The summed E-state index contributed by atoms with van der Waals surface area (Å²) in [4.78, 5) is 5.30. The van der Waals surface area contributed by atoms with Crippen LogP contribution >= 0.6 is 23.4 Å². The molecule has 0 radical (unpaired) electrons. The second kappa shape index (κ2) is 4.31. The SMILES string of the molecule is Cc1cc(SC(=N)N)c2cccc(Cl)c2n1. The third kappa shape index (κ3) is 2.13. The summed E-state index contributed by atoms with van der Waals surface area (Å²) in [7, 11) is 0. The minimum Gasteiger partial charge on any atom is -0.378 e. The molecule has 3 N–H and O–H groups in total. The molecule has 2 rings (SSSR count). The van der Waals surface area contributed by atoms with Crippen LogP contribution in [-0.4, -0.2) is 10.2 Å². The number of amidine groups is 1. The number of halogens is 1. The zero-order valence-corrected chi connectivity index (χ0v) is 10.2. The molecule has 0 atom stereocenters. The average molecular weight is 252 g/mol. The van der Waals surface area contributed by atoms with Crippen molar-refractivity contribution >= 4 is 39.4 Å². The van der Waals surface area contributed by atoms with Crippen molar-refractivity contribution in [1.82, 2.24) is 4.98 Å². The van der Waals surface area contributed by atoms with Crippen LogP contribution in [0.15, 0.2) is 29.2 Å². The molecule has 3 nitrogen and oxygen atoms in total. The van der Waals surface area contributed by atoms with Gasteiger partial charge in [0.05, 0.1) is 10.5 Å². The van der Waals surface area contributed by atoms with Gasteiger partial charge in [0.1, 0.15) is 0 Å². The fraction of sp³-hybridized carbons (Fsp3) is 0.0909. The number of nitrogens with two attached hydrogens (primary N) is 1. The Morgan fingerprint density at radius 2 is 2.25 bits per heavy atom. The van der Waals surface area contributed by atoms with Crippen molar-refractivity contribution in [3.05, 3.63) is 35.0 Å². The van der Waals surface area contributed by atoms with Gasteiger partial charge in [0.25, 0.3) is 0 Å². The number of fused-ring (bicyclic) bond motifs is 1. The Morgan fingerprint density at radius 1 is 1.50 bits per heavy atom. The summed E-state index contributed by atoms with van der Waals surface area (Å²) in [6, 6.07) is 7.51. The first-order valence-corrected chi connectivity index (χ1v) is 5.85. The van der Waals surface area contributed by atoms with E-state index in [2.05, 4.69) is 4.98 Å². The normalized spacial score (nSPS) is 10.6. The highest BCUT2D eigenvalue weighted by molar-refractivity contribution is 8.13. The molecule has 0 amide bonds. The molecule has 0 aliphatic rings. The molecule has 0 fully saturated rings. The lowest BCUT2D eigenvalue weighted by Gasteiger charge is -2.07. The van der Waals surface area contributed by atoms with Crippen LogP contribution < -0.4 is 5.73 Å². The summed E-state index contributed by atoms with van der Waals surface area (Å²) >= 11 is 7.29. The molecule has 16 heavy (non-hydrogen) atoms. The van der Waals surface area contributed by atoms with Gasteiger partial charge in [0, 0.05) is 16.0 Å². The molecular weight excluding hydrogens is 242 g/mol. The molecule has 0 saturated carbocycles. The molecule has 2 aromatic rings. The van der Waals surface area contributed by atoms with E-state index in [4.69, 9.17) is 22.7 Å². The first-order chi connectivity index (χ1) is 7.58. The maximum atomic E-state index is 7.32. The largest absolute Gasteiger partial charge is 0.378 e. The molecule has 0 unspecified atom stereocenters. The van der Waals surface area contributed by atoms with Crippen LogP contribution in [0.1, 0.15) is 5.69 Å². The maximum Gasteiger partial charge on any atom is 0.155 e. The standard InChI is InChI=1S/C11H10ClN3S/c1-6-5-9(16-11(13)14)7-3-2-4-8(12)10(7)15-6/h2-5H,1H3,(H3,13,14). The minimum atomic E-state index is 0.0619. The number of para-hydroxylation sites is 1. The summed E-state index contributed by atoms with van der Waals surface area (Å²) < 4.78 is 0. The Labute approximate surface area is 103 Å². The number of thioether (sulfide) groups is 1. The van der Waals surface area contributed by atoms with Crippen LogP contribution in [0.5, 0.6) is 0 Å². The number of nitrogens with one attached hydrogen (secondary N) is 1. The van der Waals surface area contributed by atoms with Gasteiger partial charge in [0.15, 0.2) is 5.17 Å². The van der Waals surface area contributed by atoms with Gasteiger partial charge in [-0.05, 0) is 19.1 Å². The van der Waals surface area contributed by atoms with E-state index in [-0.39, 0.29) is 5.17 Å². The second-order valence-electron chi connectivity index (χ2n) is 3.36. The Kier molecular flexibility index (Phi) is 3.03. The van der Waals surface area contributed by atoms with Gasteiger partial charge in [-0.15, -0.1) is 0 Å². The van der Waals surface area contributed by atoms with E-state index in [1.54, 1.807) is 6.07 Å². The first-order valence-electron chi connectivity index (χ1n) is 4.65. The first kappa shape index (κ1) is 11.2.